The standard InChI is InChI=1S/C5H8OSe/c1-4-2-3-7-5(4)6/h4H,2-3H2,1H3. The SMILES string of the molecule is CC1CC[Se]C1=O. The van der Waals surface area contributed by atoms with Gasteiger partial charge in [-0.25, -0.2) is 0 Å². The van der Waals surface area contributed by atoms with Crippen LogP contribution in [0.1, 0.15) is 13.3 Å². The Bertz CT molecular complexity index is 90.1. The second kappa shape index (κ2) is 1.97. The fraction of sp³-hybridized carbons (Fsp3) is 0.800. The van der Waals surface area contributed by atoms with Crippen LogP contribution >= 0.6 is 0 Å². The number of carbonyl (C=O) groups is 1. The van der Waals surface area contributed by atoms with E-state index in [1.807, 2.05) is 6.92 Å². The molecule has 1 nitrogen and oxygen atoms in total. The van der Waals surface area contributed by atoms with Gasteiger partial charge < -0.3 is 0 Å². The van der Waals surface area contributed by atoms with Crippen LogP contribution in [-0.4, -0.2) is 19.6 Å². The van der Waals surface area contributed by atoms with Crippen molar-refractivity contribution in [2.24, 2.45) is 5.92 Å². The van der Waals surface area contributed by atoms with Gasteiger partial charge in [0.2, 0.25) is 0 Å². The quantitative estimate of drug-likeness (QED) is 0.480. The second-order valence-electron chi connectivity index (χ2n) is 1.86. The number of hydrogen-bond acceptors (Lipinski definition) is 1. The van der Waals surface area contributed by atoms with Gasteiger partial charge >= 0.3 is 49.0 Å². The van der Waals surface area contributed by atoms with Crippen LogP contribution in [0.25, 0.3) is 0 Å². The van der Waals surface area contributed by atoms with Crippen molar-refractivity contribution < 1.29 is 4.79 Å². The van der Waals surface area contributed by atoms with E-state index in [0.29, 0.717) is 25.6 Å². The minimum atomic E-state index is 0.361. The molecular formula is C5H8OSe. The summed E-state index contributed by atoms with van der Waals surface area (Å²) in [6.07, 6.45) is 1.15. The Morgan fingerprint density at radius 1 is 1.86 bits per heavy atom. The average molecular weight is 163 g/mol. The molecule has 0 aromatic carbocycles. The van der Waals surface area contributed by atoms with Crippen LogP contribution in [0, 0.1) is 5.92 Å². The molecule has 1 aliphatic heterocycles. The first-order valence-electron chi connectivity index (χ1n) is 2.47. The van der Waals surface area contributed by atoms with Crippen molar-refractivity contribution in [3.63, 3.8) is 0 Å². The molecule has 2 heteroatoms. The fourth-order valence-electron chi connectivity index (χ4n) is 0.596. The van der Waals surface area contributed by atoms with Crippen LogP contribution < -0.4 is 0 Å². The summed E-state index contributed by atoms with van der Waals surface area (Å²) in [7, 11) is 0. The fourth-order valence-corrected chi connectivity index (χ4v) is 2.85. The Hall–Kier alpha value is 0.189. The van der Waals surface area contributed by atoms with Gasteiger partial charge in [-0.05, 0) is 0 Å². The monoisotopic (exact) mass is 164 g/mol. The molecule has 0 aromatic heterocycles. The first-order valence-corrected chi connectivity index (χ1v) is 4.54. The van der Waals surface area contributed by atoms with E-state index in [1.165, 1.54) is 5.32 Å². The van der Waals surface area contributed by atoms with Gasteiger partial charge in [0, 0.05) is 0 Å². The van der Waals surface area contributed by atoms with Gasteiger partial charge in [0.05, 0.1) is 0 Å². The Morgan fingerprint density at radius 3 is 2.71 bits per heavy atom. The van der Waals surface area contributed by atoms with Gasteiger partial charge in [0.25, 0.3) is 0 Å². The molecule has 7 heavy (non-hydrogen) atoms. The second-order valence-corrected chi connectivity index (χ2v) is 4.16. The van der Waals surface area contributed by atoms with Gasteiger partial charge in [-0.15, -0.1) is 0 Å². The zero-order valence-corrected chi connectivity index (χ0v) is 6.02. The molecule has 0 spiro atoms. The molecule has 40 valence electrons. The van der Waals surface area contributed by atoms with Crippen molar-refractivity contribution >= 4 is 19.6 Å². The average Bonchev–Trinajstić information content (AvgIpc) is 1.91. The predicted molar refractivity (Wildman–Crippen MR) is 29.3 cm³/mol. The number of carbonyl (C=O) groups excluding carboxylic acids is 1. The Morgan fingerprint density at radius 2 is 2.57 bits per heavy atom. The summed E-state index contributed by atoms with van der Waals surface area (Å²) < 4.78 is 0.521. The Balaban J connectivity index is 2.48. The van der Waals surface area contributed by atoms with E-state index in [0.717, 1.165) is 6.42 Å². The van der Waals surface area contributed by atoms with E-state index in [9.17, 15) is 4.79 Å². The van der Waals surface area contributed by atoms with Crippen LogP contribution in [0.3, 0.4) is 0 Å². The van der Waals surface area contributed by atoms with E-state index < -0.39 is 0 Å². The molecule has 0 aliphatic carbocycles. The van der Waals surface area contributed by atoms with Crippen LogP contribution in [0.5, 0.6) is 0 Å². The molecule has 1 unspecified atom stereocenters. The van der Waals surface area contributed by atoms with Crippen LogP contribution in [0.15, 0.2) is 0 Å². The Labute approximate surface area is 49.6 Å². The van der Waals surface area contributed by atoms with Crippen molar-refractivity contribution in [2.75, 3.05) is 0 Å². The summed E-state index contributed by atoms with van der Waals surface area (Å²) in [5.41, 5.74) is 0. The third kappa shape index (κ3) is 1.05. The van der Waals surface area contributed by atoms with E-state index in [4.69, 9.17) is 0 Å². The molecule has 1 aliphatic rings. The van der Waals surface area contributed by atoms with Gasteiger partial charge in [-0.1, -0.05) is 0 Å². The minimum absolute atomic E-state index is 0.361. The van der Waals surface area contributed by atoms with E-state index in [-0.39, 0.29) is 0 Å². The van der Waals surface area contributed by atoms with Gasteiger partial charge in [0.15, 0.2) is 0 Å². The molecule has 0 amide bonds. The maximum atomic E-state index is 10.6. The zero-order chi connectivity index (χ0) is 5.28. The van der Waals surface area contributed by atoms with Crippen LogP contribution in [0.4, 0.5) is 0 Å². The van der Waals surface area contributed by atoms with E-state index in [2.05, 4.69) is 0 Å². The van der Waals surface area contributed by atoms with Crippen LogP contribution in [-0.2, 0) is 4.79 Å². The van der Waals surface area contributed by atoms with Gasteiger partial charge in [0.1, 0.15) is 0 Å². The molecule has 1 rings (SSSR count). The van der Waals surface area contributed by atoms with E-state index in [1.54, 1.807) is 0 Å². The van der Waals surface area contributed by atoms with Crippen molar-refractivity contribution in [2.45, 2.75) is 18.7 Å². The number of rotatable bonds is 0. The summed E-state index contributed by atoms with van der Waals surface area (Å²) >= 11 is 0.361. The third-order valence-electron chi connectivity index (χ3n) is 1.20. The van der Waals surface area contributed by atoms with E-state index >= 15 is 0 Å². The molecule has 1 atom stereocenters. The van der Waals surface area contributed by atoms with Crippen LogP contribution in [0.2, 0.25) is 5.32 Å². The summed E-state index contributed by atoms with van der Waals surface area (Å²) in [6.45, 7) is 2.02. The maximum absolute atomic E-state index is 10.6. The molecule has 0 aromatic rings. The normalized spacial score (nSPS) is 31.6. The first kappa shape index (κ1) is 5.33. The summed E-state index contributed by atoms with van der Waals surface area (Å²) in [5, 5.41) is 1.19. The molecule has 0 saturated carbocycles. The number of hydrogen-bond donors (Lipinski definition) is 0. The van der Waals surface area contributed by atoms with Gasteiger partial charge in [-0.2, -0.15) is 0 Å². The first-order chi connectivity index (χ1) is 3.30. The van der Waals surface area contributed by atoms with Gasteiger partial charge in [-0.3, -0.25) is 0 Å². The van der Waals surface area contributed by atoms with Crippen molar-refractivity contribution in [1.82, 2.24) is 0 Å². The molecular weight excluding hydrogens is 155 g/mol. The Kier molecular flexibility index (Phi) is 1.50. The summed E-state index contributed by atoms with van der Waals surface area (Å²) in [5.74, 6) is 0.403. The topological polar surface area (TPSA) is 17.1 Å². The van der Waals surface area contributed by atoms with Crippen molar-refractivity contribution in [3.05, 3.63) is 0 Å². The summed E-state index contributed by atoms with van der Waals surface area (Å²) in [4.78, 5) is 10.6. The molecule has 0 bridgehead atoms. The molecule has 0 radical (unpaired) electrons. The molecule has 1 fully saturated rings. The van der Waals surface area contributed by atoms with Crippen molar-refractivity contribution in [3.8, 4) is 0 Å². The predicted octanol–water partition coefficient (Wildman–Crippen LogP) is 0.675. The zero-order valence-electron chi connectivity index (χ0n) is 4.31. The molecule has 1 heterocycles. The third-order valence-corrected chi connectivity index (χ3v) is 3.56. The van der Waals surface area contributed by atoms with Crippen molar-refractivity contribution in [1.29, 1.82) is 0 Å². The molecule has 1 saturated heterocycles. The molecule has 0 N–H and O–H groups in total. The summed E-state index contributed by atoms with van der Waals surface area (Å²) in [6, 6.07) is 0.